The van der Waals surface area contributed by atoms with E-state index in [1.165, 1.54) is 0 Å². The lowest BCUT2D eigenvalue weighted by molar-refractivity contribution is 0.198. The first-order valence-electron chi connectivity index (χ1n) is 6.46. The second kappa shape index (κ2) is 6.10. The van der Waals surface area contributed by atoms with Crippen LogP contribution in [0.2, 0.25) is 4.34 Å². The third kappa shape index (κ3) is 3.13. The Bertz CT molecular complexity index is 530. The molecule has 1 aliphatic rings. The van der Waals surface area contributed by atoms with E-state index in [4.69, 9.17) is 17.3 Å². The van der Waals surface area contributed by atoms with E-state index in [0.29, 0.717) is 27.6 Å². The highest BCUT2D eigenvalue weighted by Crippen LogP contribution is 2.33. The molecule has 1 aromatic heterocycles. The third-order valence-corrected chi connectivity index (χ3v) is 7.38. The summed E-state index contributed by atoms with van der Waals surface area (Å²) in [6, 6.07) is 3.10. The van der Waals surface area contributed by atoms with Crippen molar-refractivity contribution in [2.24, 2.45) is 11.7 Å². The summed E-state index contributed by atoms with van der Waals surface area (Å²) in [5, 5.41) is 0. The molecule has 0 spiro atoms. The molecule has 1 aliphatic heterocycles. The Morgan fingerprint density at radius 2 is 2.26 bits per heavy atom. The molecule has 1 fully saturated rings. The van der Waals surface area contributed by atoms with Gasteiger partial charge in [0.15, 0.2) is 0 Å². The highest BCUT2D eigenvalue weighted by Gasteiger charge is 2.36. The first-order chi connectivity index (χ1) is 8.98. The Morgan fingerprint density at radius 1 is 1.53 bits per heavy atom. The first-order valence-corrected chi connectivity index (χ1v) is 9.09. The Hall–Kier alpha value is -0.140. The summed E-state index contributed by atoms with van der Waals surface area (Å²) in [5.41, 5.74) is 5.76. The number of piperidine rings is 1. The van der Waals surface area contributed by atoms with Gasteiger partial charge in [-0.15, -0.1) is 11.3 Å². The van der Waals surface area contributed by atoms with Crippen LogP contribution in [-0.4, -0.2) is 31.9 Å². The summed E-state index contributed by atoms with van der Waals surface area (Å²) in [4.78, 5) is 0. The second-order valence-corrected chi connectivity index (χ2v) is 8.69. The lowest BCUT2D eigenvalue weighted by atomic mass is 9.90. The highest BCUT2D eigenvalue weighted by atomic mass is 35.5. The number of rotatable bonds is 4. The molecule has 2 heterocycles. The van der Waals surface area contributed by atoms with Crippen molar-refractivity contribution in [3.63, 3.8) is 0 Å². The van der Waals surface area contributed by atoms with Gasteiger partial charge in [0.2, 0.25) is 0 Å². The van der Waals surface area contributed by atoms with Crippen molar-refractivity contribution < 1.29 is 8.42 Å². The molecule has 2 atom stereocenters. The van der Waals surface area contributed by atoms with Crippen molar-refractivity contribution in [3.8, 4) is 0 Å². The summed E-state index contributed by atoms with van der Waals surface area (Å²) in [6.07, 6.45) is 2.84. The molecule has 2 unspecified atom stereocenters. The minimum absolute atomic E-state index is 0.0930. The molecule has 4 nitrogen and oxygen atoms in total. The summed E-state index contributed by atoms with van der Waals surface area (Å²) >= 11 is 6.93. The second-order valence-electron chi connectivity index (χ2n) is 4.86. The zero-order valence-corrected chi connectivity index (χ0v) is 13.3. The molecule has 0 saturated carbocycles. The van der Waals surface area contributed by atoms with Gasteiger partial charge in [-0.05, 0) is 30.9 Å². The number of nitrogens with zero attached hydrogens (tertiary/aromatic N) is 1. The van der Waals surface area contributed by atoms with Gasteiger partial charge in [-0.25, -0.2) is 8.42 Å². The van der Waals surface area contributed by atoms with Gasteiger partial charge in [0.25, 0.3) is 10.0 Å². The lowest BCUT2D eigenvalue weighted by Crippen LogP contribution is -2.49. The average molecular weight is 323 g/mol. The van der Waals surface area contributed by atoms with Gasteiger partial charge in [0, 0.05) is 19.1 Å². The maximum atomic E-state index is 12.6. The van der Waals surface area contributed by atoms with Gasteiger partial charge < -0.3 is 5.73 Å². The van der Waals surface area contributed by atoms with Crippen molar-refractivity contribution in [3.05, 3.63) is 16.5 Å². The smallest absolute Gasteiger partial charge is 0.252 e. The zero-order valence-electron chi connectivity index (χ0n) is 10.9. The molecule has 0 bridgehead atoms. The van der Waals surface area contributed by atoms with Crippen LogP contribution in [0.5, 0.6) is 0 Å². The van der Waals surface area contributed by atoms with Crippen molar-refractivity contribution in [1.82, 2.24) is 4.31 Å². The number of hydrogen-bond acceptors (Lipinski definition) is 4. The number of hydrogen-bond donors (Lipinski definition) is 1. The quantitative estimate of drug-likeness (QED) is 0.926. The third-order valence-electron chi connectivity index (χ3n) is 3.73. The number of halogens is 1. The maximum absolute atomic E-state index is 12.6. The van der Waals surface area contributed by atoms with Gasteiger partial charge >= 0.3 is 0 Å². The van der Waals surface area contributed by atoms with Crippen molar-refractivity contribution in [1.29, 1.82) is 0 Å². The van der Waals surface area contributed by atoms with E-state index >= 15 is 0 Å². The van der Waals surface area contributed by atoms with E-state index < -0.39 is 10.0 Å². The van der Waals surface area contributed by atoms with Crippen LogP contribution < -0.4 is 5.73 Å². The summed E-state index contributed by atoms with van der Waals surface area (Å²) < 4.78 is 27.5. The van der Waals surface area contributed by atoms with Gasteiger partial charge in [0.1, 0.15) is 4.21 Å². The zero-order chi connectivity index (χ0) is 14.0. The highest BCUT2D eigenvalue weighted by molar-refractivity contribution is 7.91. The van der Waals surface area contributed by atoms with Crippen LogP contribution in [0.25, 0.3) is 0 Å². The van der Waals surface area contributed by atoms with Gasteiger partial charge in [-0.3, -0.25) is 0 Å². The standard InChI is InChI=1S/C12H19ClN2O2S2/c1-2-9-5-6-15(10(7-9)8-14)19(16,17)12-4-3-11(13)18-12/h3-4,9-10H,2,5-8,14H2,1H3. The topological polar surface area (TPSA) is 63.4 Å². The molecule has 7 heteroatoms. The maximum Gasteiger partial charge on any atom is 0.252 e. The van der Waals surface area contributed by atoms with Crippen LogP contribution in [0.3, 0.4) is 0 Å². The van der Waals surface area contributed by atoms with E-state index in [2.05, 4.69) is 6.92 Å². The van der Waals surface area contributed by atoms with Crippen molar-refractivity contribution >= 4 is 33.0 Å². The molecule has 0 aliphatic carbocycles. The van der Waals surface area contributed by atoms with Crippen LogP contribution in [0.1, 0.15) is 26.2 Å². The van der Waals surface area contributed by atoms with Crippen LogP contribution in [0.15, 0.2) is 16.3 Å². The Balaban J connectivity index is 2.25. The van der Waals surface area contributed by atoms with Crippen LogP contribution in [0, 0.1) is 5.92 Å². The minimum Gasteiger partial charge on any atom is -0.329 e. The van der Waals surface area contributed by atoms with E-state index in [0.717, 1.165) is 30.6 Å². The molecule has 0 amide bonds. The predicted molar refractivity (Wildman–Crippen MR) is 79.1 cm³/mol. The number of sulfonamides is 1. The van der Waals surface area contributed by atoms with Crippen LogP contribution in [-0.2, 0) is 10.0 Å². The number of thiophene rings is 1. The monoisotopic (exact) mass is 322 g/mol. The van der Waals surface area contributed by atoms with E-state index in [1.807, 2.05) is 0 Å². The van der Waals surface area contributed by atoms with Gasteiger partial charge in [-0.1, -0.05) is 24.9 Å². The largest absolute Gasteiger partial charge is 0.329 e. The van der Waals surface area contributed by atoms with E-state index in [1.54, 1.807) is 16.4 Å². The fourth-order valence-corrected chi connectivity index (χ4v) is 5.84. The SMILES string of the molecule is CCC1CCN(S(=O)(=O)c2ccc(Cl)s2)C(CN)C1. The molecule has 108 valence electrons. The Labute approximate surface area is 123 Å². The normalized spacial score (nSPS) is 25.6. The summed E-state index contributed by atoms with van der Waals surface area (Å²) in [6.45, 7) is 3.06. The fraction of sp³-hybridized carbons (Fsp3) is 0.667. The molecule has 2 N–H and O–H groups in total. The molecule has 1 saturated heterocycles. The molecular formula is C12H19ClN2O2S2. The van der Waals surface area contributed by atoms with Gasteiger partial charge in [0.05, 0.1) is 4.34 Å². The average Bonchev–Trinajstić information content (AvgIpc) is 2.85. The molecule has 2 rings (SSSR count). The Morgan fingerprint density at radius 3 is 2.79 bits per heavy atom. The minimum atomic E-state index is -3.45. The van der Waals surface area contributed by atoms with Crippen molar-refractivity contribution in [2.75, 3.05) is 13.1 Å². The molecule has 0 aromatic carbocycles. The summed E-state index contributed by atoms with van der Waals surface area (Å²) in [7, 11) is -3.45. The predicted octanol–water partition coefficient (Wildman–Crippen LogP) is 2.54. The number of nitrogens with two attached hydrogens (primary N) is 1. The lowest BCUT2D eigenvalue weighted by Gasteiger charge is -2.37. The summed E-state index contributed by atoms with van der Waals surface area (Å²) in [5.74, 6) is 0.576. The molecular weight excluding hydrogens is 304 g/mol. The van der Waals surface area contributed by atoms with Crippen LogP contribution >= 0.6 is 22.9 Å². The van der Waals surface area contributed by atoms with Gasteiger partial charge in [-0.2, -0.15) is 4.31 Å². The van der Waals surface area contributed by atoms with Crippen LogP contribution in [0.4, 0.5) is 0 Å². The Kier molecular flexibility index (Phi) is 4.89. The fourth-order valence-electron chi connectivity index (χ4n) is 2.57. The first kappa shape index (κ1) is 15.3. The molecule has 19 heavy (non-hydrogen) atoms. The molecule has 0 radical (unpaired) electrons. The van der Waals surface area contributed by atoms with E-state index in [-0.39, 0.29) is 6.04 Å². The van der Waals surface area contributed by atoms with Crippen molar-refractivity contribution in [2.45, 2.75) is 36.4 Å². The molecule has 1 aromatic rings. The van der Waals surface area contributed by atoms with E-state index in [9.17, 15) is 8.42 Å².